The second-order valence-electron chi connectivity index (χ2n) is 9.45. The van der Waals surface area contributed by atoms with Gasteiger partial charge in [-0.15, -0.1) is 23.1 Å². The number of anilines is 2. The second-order valence-corrected chi connectivity index (χ2v) is 12.7. The Morgan fingerprint density at radius 1 is 1.00 bits per heavy atom. The molecule has 4 rings (SSSR count). The minimum absolute atomic E-state index is 0.172. The Kier molecular flexibility index (Phi) is 11.0. The van der Waals surface area contributed by atoms with Crippen LogP contribution in [-0.2, 0) is 22.4 Å². The number of amides is 2. The number of thioether (sulfide) groups is 1. The molecule has 6 nitrogen and oxygen atoms in total. The first-order valence-corrected chi connectivity index (χ1v) is 15.9. The molecule has 3 aromatic rings. The number of esters is 1. The SMILES string of the molecule is CCOC(=O)c1c(NC(=O)C(CC)Sc2cccc(NC(=O)c3ccc(Cl)cc3Cl)c2)sc2c1CCCCCC2. The van der Waals surface area contributed by atoms with Crippen LogP contribution in [0.4, 0.5) is 10.7 Å². The van der Waals surface area contributed by atoms with Crippen LogP contribution in [0, 0.1) is 0 Å². The van der Waals surface area contributed by atoms with Crippen molar-refractivity contribution in [2.24, 2.45) is 0 Å². The lowest BCUT2D eigenvalue weighted by atomic mass is 9.96. The largest absolute Gasteiger partial charge is 0.462 e. The Labute approximate surface area is 253 Å². The summed E-state index contributed by atoms with van der Waals surface area (Å²) in [6, 6.07) is 12.0. The van der Waals surface area contributed by atoms with Gasteiger partial charge in [-0.25, -0.2) is 4.79 Å². The maximum absolute atomic E-state index is 13.5. The molecule has 0 saturated carbocycles. The lowest BCUT2D eigenvalue weighted by molar-refractivity contribution is -0.115. The van der Waals surface area contributed by atoms with Gasteiger partial charge in [-0.2, -0.15) is 0 Å². The van der Waals surface area contributed by atoms with Crippen LogP contribution in [-0.4, -0.2) is 29.6 Å². The third-order valence-corrected chi connectivity index (χ3v) is 9.71. The molecular formula is C30H32Cl2N2O4S2. The van der Waals surface area contributed by atoms with Crippen molar-refractivity contribution in [2.45, 2.75) is 68.9 Å². The molecule has 1 heterocycles. The van der Waals surface area contributed by atoms with Crippen LogP contribution >= 0.6 is 46.3 Å². The number of aryl methyl sites for hydroxylation is 1. The summed E-state index contributed by atoms with van der Waals surface area (Å²) >= 11 is 15.0. The molecule has 40 heavy (non-hydrogen) atoms. The fraction of sp³-hybridized carbons (Fsp3) is 0.367. The average Bonchev–Trinajstić information content (AvgIpc) is 3.23. The molecule has 0 fully saturated rings. The van der Waals surface area contributed by atoms with Gasteiger partial charge in [0.05, 0.1) is 28.0 Å². The zero-order valence-electron chi connectivity index (χ0n) is 22.5. The van der Waals surface area contributed by atoms with E-state index in [1.807, 2.05) is 25.1 Å². The number of benzene rings is 2. The van der Waals surface area contributed by atoms with E-state index in [4.69, 9.17) is 27.9 Å². The van der Waals surface area contributed by atoms with Gasteiger partial charge in [0.2, 0.25) is 5.91 Å². The van der Waals surface area contributed by atoms with E-state index >= 15 is 0 Å². The van der Waals surface area contributed by atoms with Crippen LogP contribution < -0.4 is 10.6 Å². The molecule has 0 radical (unpaired) electrons. The summed E-state index contributed by atoms with van der Waals surface area (Å²) in [5.74, 6) is -0.899. The third kappa shape index (κ3) is 7.60. The minimum Gasteiger partial charge on any atom is -0.462 e. The monoisotopic (exact) mass is 618 g/mol. The fourth-order valence-electron chi connectivity index (χ4n) is 4.62. The van der Waals surface area contributed by atoms with E-state index in [2.05, 4.69) is 10.6 Å². The van der Waals surface area contributed by atoms with Gasteiger partial charge in [0.1, 0.15) is 5.00 Å². The number of hydrogen-bond acceptors (Lipinski definition) is 6. The highest BCUT2D eigenvalue weighted by Gasteiger charge is 2.28. The summed E-state index contributed by atoms with van der Waals surface area (Å²) in [6.07, 6.45) is 6.72. The Balaban J connectivity index is 1.49. The van der Waals surface area contributed by atoms with Gasteiger partial charge in [0.15, 0.2) is 0 Å². The van der Waals surface area contributed by atoms with Crippen molar-refractivity contribution >= 4 is 74.8 Å². The van der Waals surface area contributed by atoms with E-state index in [9.17, 15) is 14.4 Å². The number of halogens is 2. The van der Waals surface area contributed by atoms with Crippen LogP contribution in [0.15, 0.2) is 47.4 Å². The summed E-state index contributed by atoms with van der Waals surface area (Å²) in [7, 11) is 0. The molecule has 2 N–H and O–H groups in total. The molecular weight excluding hydrogens is 587 g/mol. The van der Waals surface area contributed by atoms with Gasteiger partial charge in [-0.05, 0) is 81.0 Å². The van der Waals surface area contributed by atoms with E-state index < -0.39 is 5.25 Å². The van der Waals surface area contributed by atoms with Crippen molar-refractivity contribution in [3.05, 3.63) is 74.1 Å². The maximum atomic E-state index is 13.5. The number of fused-ring (bicyclic) bond motifs is 1. The summed E-state index contributed by atoms with van der Waals surface area (Å²) in [5.41, 5.74) is 2.45. The van der Waals surface area contributed by atoms with Gasteiger partial charge in [0.25, 0.3) is 5.91 Å². The first-order valence-electron chi connectivity index (χ1n) is 13.5. The van der Waals surface area contributed by atoms with Crippen molar-refractivity contribution < 1.29 is 19.1 Å². The van der Waals surface area contributed by atoms with E-state index in [-0.39, 0.29) is 29.4 Å². The first kappa shape index (κ1) is 30.4. The molecule has 1 atom stereocenters. The highest BCUT2D eigenvalue weighted by atomic mass is 35.5. The Morgan fingerprint density at radius 2 is 1.77 bits per heavy atom. The third-order valence-electron chi connectivity index (χ3n) is 6.60. The summed E-state index contributed by atoms with van der Waals surface area (Å²) in [4.78, 5) is 41.2. The Morgan fingerprint density at radius 3 is 2.50 bits per heavy atom. The molecule has 2 aromatic carbocycles. The van der Waals surface area contributed by atoms with Crippen molar-refractivity contribution in [3.63, 3.8) is 0 Å². The van der Waals surface area contributed by atoms with Gasteiger partial charge < -0.3 is 15.4 Å². The first-order chi connectivity index (χ1) is 19.3. The molecule has 1 unspecified atom stereocenters. The van der Waals surface area contributed by atoms with E-state index in [1.54, 1.807) is 25.1 Å². The number of hydrogen-bond donors (Lipinski definition) is 2. The summed E-state index contributed by atoms with van der Waals surface area (Å²) < 4.78 is 5.38. The van der Waals surface area contributed by atoms with Crippen LogP contribution in [0.3, 0.4) is 0 Å². The number of rotatable bonds is 9. The van der Waals surface area contributed by atoms with Crippen molar-refractivity contribution in [2.75, 3.05) is 17.2 Å². The molecule has 1 aliphatic carbocycles. The molecule has 0 aliphatic heterocycles. The highest BCUT2D eigenvalue weighted by molar-refractivity contribution is 8.00. The van der Waals surface area contributed by atoms with Gasteiger partial charge in [-0.1, -0.05) is 49.0 Å². The van der Waals surface area contributed by atoms with E-state index in [0.717, 1.165) is 42.6 Å². The van der Waals surface area contributed by atoms with Crippen LogP contribution in [0.1, 0.15) is 77.1 Å². The molecule has 1 aliphatic rings. The maximum Gasteiger partial charge on any atom is 0.341 e. The molecule has 1 aromatic heterocycles. The topological polar surface area (TPSA) is 84.5 Å². The zero-order chi connectivity index (χ0) is 28.6. The predicted octanol–water partition coefficient (Wildman–Crippen LogP) is 8.65. The second kappa shape index (κ2) is 14.4. The summed E-state index contributed by atoms with van der Waals surface area (Å²) in [6.45, 7) is 4.02. The quantitative estimate of drug-likeness (QED) is 0.185. The van der Waals surface area contributed by atoms with Gasteiger partial charge in [0, 0.05) is 20.5 Å². The molecule has 2 amide bonds. The summed E-state index contributed by atoms with van der Waals surface area (Å²) in [5, 5.41) is 6.81. The highest BCUT2D eigenvalue weighted by Crippen LogP contribution is 2.38. The van der Waals surface area contributed by atoms with E-state index in [0.29, 0.717) is 33.3 Å². The Bertz CT molecular complexity index is 1390. The minimum atomic E-state index is -0.406. The van der Waals surface area contributed by atoms with Crippen LogP contribution in [0.2, 0.25) is 10.0 Å². The number of ether oxygens (including phenoxy) is 1. The number of carbonyl (C=O) groups is 3. The predicted molar refractivity (Wildman–Crippen MR) is 166 cm³/mol. The normalized spacial score (nSPS) is 13.9. The van der Waals surface area contributed by atoms with Crippen LogP contribution in [0.5, 0.6) is 0 Å². The fourth-order valence-corrected chi connectivity index (χ4v) is 7.41. The number of nitrogens with one attached hydrogen (secondary N) is 2. The zero-order valence-corrected chi connectivity index (χ0v) is 25.6. The average molecular weight is 620 g/mol. The van der Waals surface area contributed by atoms with Crippen molar-refractivity contribution in [1.82, 2.24) is 0 Å². The van der Waals surface area contributed by atoms with Crippen molar-refractivity contribution in [1.29, 1.82) is 0 Å². The smallest absolute Gasteiger partial charge is 0.341 e. The van der Waals surface area contributed by atoms with Crippen molar-refractivity contribution in [3.8, 4) is 0 Å². The number of thiophene rings is 1. The lowest BCUT2D eigenvalue weighted by Gasteiger charge is -2.16. The van der Waals surface area contributed by atoms with Gasteiger partial charge >= 0.3 is 5.97 Å². The standard InChI is InChI=1S/C30H32Cl2N2O4S2/c1-3-24(39-20-11-9-10-19(17-20)33-27(35)21-15-14-18(31)16-23(21)32)28(36)34-29-26(30(37)38-4-2)22-12-7-5-6-8-13-25(22)40-29/h9-11,14-17,24H,3-8,12-13H2,1-2H3,(H,33,35)(H,34,36). The Hall–Kier alpha value is -2.52. The lowest BCUT2D eigenvalue weighted by Crippen LogP contribution is -2.25. The molecule has 212 valence electrons. The molecule has 10 heteroatoms. The van der Waals surface area contributed by atoms with E-state index in [1.165, 1.54) is 40.5 Å². The van der Waals surface area contributed by atoms with Crippen LogP contribution in [0.25, 0.3) is 0 Å². The molecule has 0 spiro atoms. The molecule has 0 saturated heterocycles. The van der Waals surface area contributed by atoms with Gasteiger partial charge in [-0.3, -0.25) is 9.59 Å². The molecule has 0 bridgehead atoms. The number of carbonyl (C=O) groups excluding carboxylic acids is 3.